The summed E-state index contributed by atoms with van der Waals surface area (Å²) in [6.07, 6.45) is 0.639. The normalized spacial score (nSPS) is 10.5. The van der Waals surface area contributed by atoms with Crippen molar-refractivity contribution in [1.82, 2.24) is 0 Å². The Hall–Kier alpha value is -5.50. The first-order valence-corrected chi connectivity index (χ1v) is 11.7. The molecule has 0 radical (unpaired) electrons. The second-order valence-electron chi connectivity index (χ2n) is 8.70. The summed E-state index contributed by atoms with van der Waals surface area (Å²) < 4.78 is 0. The lowest BCUT2D eigenvalue weighted by molar-refractivity contribution is 0.0653. The summed E-state index contributed by atoms with van der Waals surface area (Å²) >= 11 is 0. The lowest BCUT2D eigenvalue weighted by atomic mass is 9.96. The van der Waals surface area contributed by atoms with Gasteiger partial charge in [0.05, 0.1) is 22.3 Å². The first-order valence-electron chi connectivity index (χ1n) is 11.7. The van der Waals surface area contributed by atoms with Crippen molar-refractivity contribution in [3.8, 4) is 0 Å². The maximum atomic E-state index is 11.4. The third kappa shape index (κ3) is 6.08. The number of rotatable bonds is 6. The van der Waals surface area contributed by atoms with Crippen molar-refractivity contribution in [3.63, 3.8) is 0 Å². The molecule has 0 aliphatic heterocycles. The molecule has 5 aromatic rings. The van der Waals surface area contributed by atoms with Crippen LogP contribution in [0, 0.1) is 0 Å². The molecule has 0 bridgehead atoms. The zero-order valence-corrected chi connectivity index (χ0v) is 20.4. The molecule has 0 saturated heterocycles. The summed E-state index contributed by atoms with van der Waals surface area (Å²) in [5, 5.41) is 39.1. The smallest absolute Gasteiger partial charge is 0.337 e. The molecule has 0 unspecified atom stereocenters. The standard InChI is InChI=1S/C16H10O4.C15H12O4/c17-15(18)12-6-5-11-7-9-3-1-2-4-10(9)8-13(11)14(12)16(19)20;16-14(17)12-5-1-10(2-6-12)9-11-3-7-13(8-4-11)15(18)19/h1-8H,(H,17,18)(H,19,20);1-8H,9H2,(H,16,17)(H,18,19). The van der Waals surface area contributed by atoms with Crippen LogP contribution in [0.4, 0.5) is 0 Å². The molecule has 0 heterocycles. The van der Waals surface area contributed by atoms with Crippen molar-refractivity contribution in [2.75, 3.05) is 0 Å². The van der Waals surface area contributed by atoms with E-state index in [2.05, 4.69) is 0 Å². The Labute approximate surface area is 222 Å². The molecule has 4 N–H and O–H groups in total. The number of carbonyl (C=O) groups is 4. The van der Waals surface area contributed by atoms with Gasteiger partial charge in [-0.05, 0) is 81.6 Å². The molecule has 0 amide bonds. The quantitative estimate of drug-likeness (QED) is 0.197. The fourth-order valence-corrected chi connectivity index (χ4v) is 4.19. The maximum Gasteiger partial charge on any atom is 0.337 e. The Bertz CT molecular complexity index is 1660. The number of carboxylic acid groups (broad SMARTS) is 4. The predicted molar refractivity (Wildman–Crippen MR) is 145 cm³/mol. The summed E-state index contributed by atoms with van der Waals surface area (Å²) in [5.74, 6) is -4.37. The molecule has 5 aromatic carbocycles. The van der Waals surface area contributed by atoms with Crippen molar-refractivity contribution in [2.45, 2.75) is 6.42 Å². The third-order valence-electron chi connectivity index (χ3n) is 6.14. The zero-order valence-electron chi connectivity index (χ0n) is 20.4. The number of hydrogen-bond acceptors (Lipinski definition) is 4. The molecular formula is C31H22O8. The van der Waals surface area contributed by atoms with E-state index in [0.29, 0.717) is 17.2 Å². The number of benzene rings is 5. The highest BCUT2D eigenvalue weighted by Gasteiger charge is 2.19. The lowest BCUT2D eigenvalue weighted by Crippen LogP contribution is -2.08. The first-order chi connectivity index (χ1) is 18.6. The van der Waals surface area contributed by atoms with Gasteiger partial charge in [-0.15, -0.1) is 0 Å². The molecule has 194 valence electrons. The van der Waals surface area contributed by atoms with Crippen LogP contribution in [-0.2, 0) is 6.42 Å². The lowest BCUT2D eigenvalue weighted by Gasteiger charge is -2.08. The van der Waals surface area contributed by atoms with Crippen molar-refractivity contribution in [3.05, 3.63) is 130 Å². The largest absolute Gasteiger partial charge is 0.478 e. The van der Waals surface area contributed by atoms with Gasteiger partial charge in [-0.1, -0.05) is 54.6 Å². The molecule has 0 fully saturated rings. The van der Waals surface area contributed by atoms with Crippen LogP contribution in [0.5, 0.6) is 0 Å². The highest BCUT2D eigenvalue weighted by atomic mass is 16.4. The molecular weight excluding hydrogens is 500 g/mol. The van der Waals surface area contributed by atoms with Crippen LogP contribution in [0.2, 0.25) is 0 Å². The molecule has 8 nitrogen and oxygen atoms in total. The van der Waals surface area contributed by atoms with Gasteiger partial charge in [0.1, 0.15) is 0 Å². The molecule has 0 atom stereocenters. The molecule has 5 rings (SSSR count). The fraction of sp³-hybridized carbons (Fsp3) is 0.0323. The van der Waals surface area contributed by atoms with Crippen LogP contribution in [-0.4, -0.2) is 44.3 Å². The molecule has 0 spiro atoms. The molecule has 0 aliphatic rings. The first kappa shape index (κ1) is 26.6. The van der Waals surface area contributed by atoms with Crippen molar-refractivity contribution in [2.24, 2.45) is 0 Å². The Morgan fingerprint density at radius 2 is 0.974 bits per heavy atom. The minimum atomic E-state index is -1.24. The average molecular weight is 523 g/mol. The van der Waals surface area contributed by atoms with Gasteiger partial charge in [-0.3, -0.25) is 0 Å². The molecule has 0 saturated carbocycles. The topological polar surface area (TPSA) is 149 Å². The second-order valence-corrected chi connectivity index (χ2v) is 8.70. The maximum absolute atomic E-state index is 11.4. The van der Waals surface area contributed by atoms with Gasteiger partial charge < -0.3 is 20.4 Å². The van der Waals surface area contributed by atoms with Gasteiger partial charge in [-0.2, -0.15) is 0 Å². The van der Waals surface area contributed by atoms with Gasteiger partial charge in [0.15, 0.2) is 0 Å². The van der Waals surface area contributed by atoms with Crippen molar-refractivity contribution < 1.29 is 39.6 Å². The van der Waals surface area contributed by atoms with Crippen LogP contribution < -0.4 is 0 Å². The van der Waals surface area contributed by atoms with Crippen LogP contribution in [0.15, 0.2) is 97.1 Å². The fourth-order valence-electron chi connectivity index (χ4n) is 4.19. The summed E-state index contributed by atoms with van der Waals surface area (Å²) in [4.78, 5) is 44.0. The highest BCUT2D eigenvalue weighted by Crippen LogP contribution is 2.28. The van der Waals surface area contributed by atoms with Crippen LogP contribution in [0.3, 0.4) is 0 Å². The molecule has 39 heavy (non-hydrogen) atoms. The van der Waals surface area contributed by atoms with E-state index >= 15 is 0 Å². The van der Waals surface area contributed by atoms with Crippen molar-refractivity contribution in [1.29, 1.82) is 0 Å². The van der Waals surface area contributed by atoms with E-state index in [4.69, 9.17) is 15.3 Å². The minimum absolute atomic E-state index is 0.166. The average Bonchev–Trinajstić information content (AvgIpc) is 2.92. The van der Waals surface area contributed by atoms with Gasteiger partial charge >= 0.3 is 23.9 Å². The van der Waals surface area contributed by atoms with Gasteiger partial charge in [0.25, 0.3) is 0 Å². The van der Waals surface area contributed by atoms with E-state index in [0.717, 1.165) is 21.9 Å². The number of carboxylic acids is 4. The van der Waals surface area contributed by atoms with E-state index in [1.54, 1.807) is 60.7 Å². The summed E-state index contributed by atoms with van der Waals surface area (Å²) in [6.45, 7) is 0. The highest BCUT2D eigenvalue weighted by molar-refractivity contribution is 6.14. The van der Waals surface area contributed by atoms with Gasteiger partial charge in [-0.25, -0.2) is 19.2 Å². The Morgan fingerprint density at radius 1 is 0.487 bits per heavy atom. The van der Waals surface area contributed by atoms with Crippen LogP contribution in [0.1, 0.15) is 52.6 Å². The van der Waals surface area contributed by atoms with E-state index in [9.17, 15) is 24.3 Å². The van der Waals surface area contributed by atoms with Crippen LogP contribution in [0.25, 0.3) is 21.5 Å². The van der Waals surface area contributed by atoms with Gasteiger partial charge in [0.2, 0.25) is 0 Å². The van der Waals surface area contributed by atoms with Crippen LogP contribution >= 0.6 is 0 Å². The molecule has 0 aliphatic carbocycles. The third-order valence-corrected chi connectivity index (χ3v) is 6.14. The monoisotopic (exact) mass is 522 g/mol. The summed E-state index contributed by atoms with van der Waals surface area (Å²) in [5.41, 5.74) is 2.11. The second kappa shape index (κ2) is 11.3. The number of aromatic carboxylic acids is 4. The van der Waals surface area contributed by atoms with E-state index < -0.39 is 23.9 Å². The summed E-state index contributed by atoms with van der Waals surface area (Å²) in [6, 6.07) is 27.4. The van der Waals surface area contributed by atoms with E-state index in [-0.39, 0.29) is 22.3 Å². The zero-order chi connectivity index (χ0) is 28.1. The number of hydrogen-bond donors (Lipinski definition) is 4. The number of fused-ring (bicyclic) bond motifs is 2. The SMILES string of the molecule is O=C(O)c1ccc(Cc2ccc(C(=O)O)cc2)cc1.O=C(O)c1ccc2cc3ccccc3cc2c1C(=O)O. The Balaban J connectivity index is 0.000000181. The van der Waals surface area contributed by atoms with E-state index in [1.165, 1.54) is 6.07 Å². The Morgan fingerprint density at radius 3 is 1.41 bits per heavy atom. The summed E-state index contributed by atoms with van der Waals surface area (Å²) in [7, 11) is 0. The predicted octanol–water partition coefficient (Wildman–Crippen LogP) is 6.06. The van der Waals surface area contributed by atoms with E-state index in [1.807, 2.05) is 30.3 Å². The van der Waals surface area contributed by atoms with Gasteiger partial charge in [0, 0.05) is 0 Å². The van der Waals surface area contributed by atoms with Crippen molar-refractivity contribution >= 4 is 45.4 Å². The minimum Gasteiger partial charge on any atom is -0.478 e. The molecule has 8 heteroatoms. The Kier molecular flexibility index (Phi) is 7.67. The molecule has 0 aromatic heterocycles.